The van der Waals surface area contributed by atoms with Gasteiger partial charge < -0.3 is 9.64 Å². The Kier molecular flexibility index (Phi) is 5.09. The van der Waals surface area contributed by atoms with Crippen molar-refractivity contribution in [1.29, 1.82) is 0 Å². The highest BCUT2D eigenvalue weighted by atomic mass is 16.5. The lowest BCUT2D eigenvalue weighted by atomic mass is 10.1. The van der Waals surface area contributed by atoms with Gasteiger partial charge in [-0.05, 0) is 19.8 Å². The van der Waals surface area contributed by atoms with Crippen molar-refractivity contribution in [3.05, 3.63) is 12.0 Å². The van der Waals surface area contributed by atoms with E-state index in [-0.39, 0.29) is 0 Å². The molecule has 4 rings (SSSR count). The molecule has 1 aliphatic heterocycles. The predicted octanol–water partition coefficient (Wildman–Crippen LogP) is 2.18. The molecule has 0 aromatic carbocycles. The van der Waals surface area contributed by atoms with Crippen LogP contribution in [-0.4, -0.2) is 70.6 Å². The van der Waals surface area contributed by atoms with Gasteiger partial charge in [-0.15, -0.1) is 0 Å². The van der Waals surface area contributed by atoms with Crippen molar-refractivity contribution < 1.29 is 4.74 Å². The molecule has 0 spiro atoms. The number of anilines is 1. The van der Waals surface area contributed by atoms with E-state index in [0.717, 1.165) is 55.5 Å². The quantitative estimate of drug-likeness (QED) is 0.816. The van der Waals surface area contributed by atoms with E-state index in [1.807, 2.05) is 17.9 Å². The summed E-state index contributed by atoms with van der Waals surface area (Å²) in [4.78, 5) is 14.7. The summed E-state index contributed by atoms with van der Waals surface area (Å²) in [6.07, 6.45) is 6.89. The van der Waals surface area contributed by atoms with Crippen LogP contribution in [0.25, 0.3) is 11.0 Å². The van der Waals surface area contributed by atoms with Crippen molar-refractivity contribution >= 4 is 16.9 Å². The first kappa shape index (κ1) is 17.7. The van der Waals surface area contributed by atoms with E-state index in [0.29, 0.717) is 12.0 Å². The van der Waals surface area contributed by atoms with Crippen LogP contribution in [-0.2, 0) is 11.8 Å². The fourth-order valence-electron chi connectivity index (χ4n) is 4.30. The number of nitrogens with zero attached hydrogens (tertiary/aromatic N) is 6. The highest BCUT2D eigenvalue weighted by Crippen LogP contribution is 2.34. The Balaban J connectivity index is 1.61. The van der Waals surface area contributed by atoms with Crippen LogP contribution >= 0.6 is 0 Å². The summed E-state index contributed by atoms with van der Waals surface area (Å²) < 4.78 is 7.36. The van der Waals surface area contributed by atoms with E-state index in [1.54, 1.807) is 0 Å². The Morgan fingerprint density at radius 3 is 2.69 bits per heavy atom. The van der Waals surface area contributed by atoms with Crippen molar-refractivity contribution in [3.63, 3.8) is 0 Å². The molecule has 3 heterocycles. The summed E-state index contributed by atoms with van der Waals surface area (Å²) in [6.45, 7) is 6.91. The molecule has 0 bridgehead atoms. The molecule has 0 amide bonds. The molecule has 7 nitrogen and oxygen atoms in total. The Labute approximate surface area is 155 Å². The lowest BCUT2D eigenvalue weighted by molar-refractivity contribution is 0.0218. The number of hydrogen-bond donors (Lipinski definition) is 0. The fraction of sp³-hybridized carbons (Fsp3) is 0.737. The molecular formula is C19H30N6O. The van der Waals surface area contributed by atoms with E-state index in [2.05, 4.69) is 28.9 Å². The smallest absolute Gasteiger partial charge is 0.163 e. The van der Waals surface area contributed by atoms with Crippen LogP contribution < -0.4 is 4.90 Å². The number of ether oxygens (including phenoxy) is 1. The first-order chi connectivity index (χ1) is 12.6. The highest BCUT2D eigenvalue weighted by molar-refractivity contribution is 5.86. The minimum absolute atomic E-state index is 0.459. The SMILES string of the molecule is C[C@@H](CN(C)c1nc(C2CCCC2)nc2c1cnn2C)N1CCOCC1. The van der Waals surface area contributed by atoms with Gasteiger partial charge in [-0.1, -0.05) is 12.8 Å². The van der Waals surface area contributed by atoms with Crippen LogP contribution in [0.15, 0.2) is 6.20 Å². The second-order valence-corrected chi connectivity index (χ2v) is 7.77. The number of rotatable bonds is 5. The Morgan fingerprint density at radius 1 is 1.23 bits per heavy atom. The molecule has 7 heteroatoms. The van der Waals surface area contributed by atoms with Gasteiger partial charge in [-0.25, -0.2) is 9.97 Å². The van der Waals surface area contributed by atoms with Gasteiger partial charge in [0.25, 0.3) is 0 Å². The van der Waals surface area contributed by atoms with Crippen molar-refractivity contribution in [2.45, 2.75) is 44.6 Å². The molecule has 1 saturated carbocycles. The summed E-state index contributed by atoms with van der Waals surface area (Å²) in [6, 6.07) is 0.459. The van der Waals surface area contributed by atoms with Gasteiger partial charge in [0.05, 0.1) is 24.8 Å². The number of likely N-dealkylation sites (N-methyl/N-ethyl adjacent to an activating group) is 1. The van der Waals surface area contributed by atoms with Crippen LogP contribution in [0.5, 0.6) is 0 Å². The van der Waals surface area contributed by atoms with Crippen molar-refractivity contribution in [3.8, 4) is 0 Å². The average molecular weight is 358 g/mol. The third-order valence-corrected chi connectivity index (χ3v) is 5.88. The number of fused-ring (bicyclic) bond motifs is 1. The second-order valence-electron chi connectivity index (χ2n) is 7.77. The minimum Gasteiger partial charge on any atom is -0.379 e. The number of aryl methyl sites for hydroxylation is 1. The van der Waals surface area contributed by atoms with Crippen LogP contribution in [0.3, 0.4) is 0 Å². The average Bonchev–Trinajstić information content (AvgIpc) is 3.32. The summed E-state index contributed by atoms with van der Waals surface area (Å²) in [5.74, 6) is 2.52. The highest BCUT2D eigenvalue weighted by Gasteiger charge is 2.25. The first-order valence-electron chi connectivity index (χ1n) is 9.86. The summed E-state index contributed by atoms with van der Waals surface area (Å²) in [7, 11) is 4.11. The van der Waals surface area contributed by atoms with Crippen molar-refractivity contribution in [2.24, 2.45) is 7.05 Å². The molecule has 1 atom stereocenters. The van der Waals surface area contributed by atoms with Gasteiger partial charge in [0, 0.05) is 45.7 Å². The first-order valence-corrected chi connectivity index (χ1v) is 9.86. The Bertz CT molecular complexity index is 748. The van der Waals surface area contributed by atoms with E-state index < -0.39 is 0 Å². The molecule has 0 unspecified atom stereocenters. The summed E-state index contributed by atoms with van der Waals surface area (Å²) in [5, 5.41) is 5.48. The lowest BCUT2D eigenvalue weighted by Crippen LogP contribution is -2.47. The molecule has 142 valence electrons. The molecule has 0 N–H and O–H groups in total. The van der Waals surface area contributed by atoms with Gasteiger partial charge in [0.2, 0.25) is 0 Å². The van der Waals surface area contributed by atoms with Crippen LogP contribution in [0.4, 0.5) is 5.82 Å². The molecule has 2 fully saturated rings. The van der Waals surface area contributed by atoms with E-state index in [9.17, 15) is 0 Å². The number of hydrogen-bond acceptors (Lipinski definition) is 6. The zero-order valence-corrected chi connectivity index (χ0v) is 16.2. The zero-order valence-electron chi connectivity index (χ0n) is 16.2. The van der Waals surface area contributed by atoms with E-state index in [4.69, 9.17) is 14.7 Å². The summed E-state index contributed by atoms with van der Waals surface area (Å²) >= 11 is 0. The third kappa shape index (κ3) is 3.42. The zero-order chi connectivity index (χ0) is 18.1. The molecule has 0 radical (unpaired) electrons. The number of aromatic nitrogens is 4. The molecule has 26 heavy (non-hydrogen) atoms. The molecule has 1 saturated heterocycles. The predicted molar refractivity (Wildman–Crippen MR) is 103 cm³/mol. The molecule has 2 aliphatic rings. The summed E-state index contributed by atoms with van der Waals surface area (Å²) in [5.41, 5.74) is 0.947. The third-order valence-electron chi connectivity index (χ3n) is 5.88. The molecule has 1 aliphatic carbocycles. The van der Waals surface area contributed by atoms with E-state index >= 15 is 0 Å². The maximum Gasteiger partial charge on any atom is 0.163 e. The van der Waals surface area contributed by atoms with Crippen LogP contribution in [0, 0.1) is 0 Å². The van der Waals surface area contributed by atoms with Crippen LogP contribution in [0.1, 0.15) is 44.3 Å². The molecule has 2 aromatic rings. The van der Waals surface area contributed by atoms with Crippen LogP contribution in [0.2, 0.25) is 0 Å². The minimum atomic E-state index is 0.459. The Morgan fingerprint density at radius 2 is 1.96 bits per heavy atom. The monoisotopic (exact) mass is 358 g/mol. The second kappa shape index (κ2) is 7.48. The van der Waals surface area contributed by atoms with E-state index in [1.165, 1.54) is 25.7 Å². The molecular weight excluding hydrogens is 328 g/mol. The van der Waals surface area contributed by atoms with Crippen molar-refractivity contribution in [1.82, 2.24) is 24.6 Å². The number of morpholine rings is 1. The normalized spacial score (nSPS) is 20.7. The fourth-order valence-corrected chi connectivity index (χ4v) is 4.30. The standard InChI is InChI=1S/C19H30N6O/c1-14(25-8-10-26-11-9-25)13-23(2)18-16-12-20-24(3)19(16)22-17(21-18)15-6-4-5-7-15/h12,14-15H,4-11,13H2,1-3H3/t14-/m0/s1. The maximum atomic E-state index is 5.49. The van der Waals surface area contributed by atoms with Gasteiger partial charge in [0.15, 0.2) is 5.65 Å². The van der Waals surface area contributed by atoms with Gasteiger partial charge in [-0.2, -0.15) is 5.10 Å². The van der Waals surface area contributed by atoms with Crippen molar-refractivity contribution in [2.75, 3.05) is 44.8 Å². The molecule has 2 aromatic heterocycles. The maximum absolute atomic E-state index is 5.49. The lowest BCUT2D eigenvalue weighted by Gasteiger charge is -2.35. The van der Waals surface area contributed by atoms with Gasteiger partial charge in [-0.3, -0.25) is 9.58 Å². The largest absolute Gasteiger partial charge is 0.379 e. The topological polar surface area (TPSA) is 59.3 Å². The van der Waals surface area contributed by atoms with Gasteiger partial charge in [0.1, 0.15) is 11.6 Å². The Hall–Kier alpha value is -1.73. The van der Waals surface area contributed by atoms with Gasteiger partial charge >= 0.3 is 0 Å².